The van der Waals surface area contributed by atoms with Crippen LogP contribution in [0.25, 0.3) is 0 Å². The lowest BCUT2D eigenvalue weighted by molar-refractivity contribution is -0.113. The minimum absolute atomic E-state index is 0.0483. The van der Waals surface area contributed by atoms with Crippen LogP contribution in [0, 0.1) is 12.7 Å². The number of thioether (sulfide) groups is 1. The highest BCUT2D eigenvalue weighted by molar-refractivity contribution is 7.99. The van der Waals surface area contributed by atoms with Gasteiger partial charge in [-0.3, -0.25) is 9.59 Å². The van der Waals surface area contributed by atoms with E-state index in [4.69, 9.17) is 0 Å². The molecule has 0 aliphatic rings. The Morgan fingerprint density at radius 3 is 2.81 bits per heavy atom. The molecular formula is C20H21FN6O2S2. The van der Waals surface area contributed by atoms with Crippen LogP contribution in [0.2, 0.25) is 0 Å². The van der Waals surface area contributed by atoms with E-state index >= 15 is 0 Å². The fraction of sp³-hybridized carbons (Fsp3) is 0.250. The van der Waals surface area contributed by atoms with Gasteiger partial charge in [0.1, 0.15) is 5.82 Å². The molecule has 0 saturated carbocycles. The summed E-state index contributed by atoms with van der Waals surface area (Å²) in [5, 5.41) is 16.7. The number of amides is 2. The van der Waals surface area contributed by atoms with Crippen molar-refractivity contribution in [2.75, 3.05) is 11.1 Å². The number of nitrogens with zero attached hydrogens (tertiary/aromatic N) is 4. The SMILES string of the molecule is C=CCn1c(SCC(=O)Nc2nc(C)cs2)nnc1[C@H](C)NC(=O)c1ccccc1F. The van der Waals surface area contributed by atoms with Crippen molar-refractivity contribution in [3.63, 3.8) is 0 Å². The summed E-state index contributed by atoms with van der Waals surface area (Å²) in [7, 11) is 0. The van der Waals surface area contributed by atoms with E-state index in [9.17, 15) is 14.0 Å². The molecule has 0 fully saturated rings. The Labute approximate surface area is 187 Å². The van der Waals surface area contributed by atoms with Gasteiger partial charge >= 0.3 is 0 Å². The maximum atomic E-state index is 13.9. The molecule has 11 heteroatoms. The number of aryl methyl sites for hydroxylation is 1. The Bertz CT molecular complexity index is 1100. The van der Waals surface area contributed by atoms with Crippen LogP contribution in [0.1, 0.15) is 34.8 Å². The summed E-state index contributed by atoms with van der Waals surface area (Å²) in [6, 6.07) is 5.21. The summed E-state index contributed by atoms with van der Waals surface area (Å²) in [5.41, 5.74) is 0.794. The molecule has 0 spiro atoms. The summed E-state index contributed by atoms with van der Waals surface area (Å²) < 4.78 is 15.6. The van der Waals surface area contributed by atoms with Gasteiger partial charge in [-0.05, 0) is 26.0 Å². The molecule has 1 aromatic carbocycles. The fourth-order valence-electron chi connectivity index (χ4n) is 2.71. The Hall–Kier alpha value is -3.05. The van der Waals surface area contributed by atoms with Gasteiger partial charge in [-0.25, -0.2) is 9.37 Å². The van der Waals surface area contributed by atoms with Crippen molar-refractivity contribution in [3.05, 3.63) is 65.2 Å². The van der Waals surface area contributed by atoms with Gasteiger partial charge in [-0.1, -0.05) is 30.0 Å². The number of rotatable bonds is 9. The van der Waals surface area contributed by atoms with E-state index in [1.54, 1.807) is 23.6 Å². The van der Waals surface area contributed by atoms with Crippen molar-refractivity contribution in [3.8, 4) is 0 Å². The first-order valence-corrected chi connectivity index (χ1v) is 11.2. The molecule has 0 aliphatic heterocycles. The van der Waals surface area contributed by atoms with Gasteiger partial charge in [-0.2, -0.15) is 0 Å². The molecule has 2 amide bonds. The van der Waals surface area contributed by atoms with Crippen molar-refractivity contribution in [2.45, 2.75) is 31.6 Å². The number of carbonyl (C=O) groups is 2. The third-order valence-corrected chi connectivity index (χ3v) is 5.95. The standard InChI is InChI=1S/C20H21FN6O2S2/c1-4-9-27-17(13(3)23-18(29)14-7-5-6-8-15(14)21)25-26-20(27)31-11-16(28)24-19-22-12(2)10-30-19/h4-8,10,13H,1,9,11H2,2-3H3,(H,23,29)(H,22,24,28)/t13-/m0/s1. The van der Waals surface area contributed by atoms with Gasteiger partial charge in [0.25, 0.3) is 5.91 Å². The number of nitrogens with one attached hydrogen (secondary N) is 2. The maximum Gasteiger partial charge on any atom is 0.254 e. The predicted molar refractivity (Wildman–Crippen MR) is 119 cm³/mol. The number of carbonyl (C=O) groups excluding carboxylic acids is 2. The zero-order chi connectivity index (χ0) is 22.4. The van der Waals surface area contributed by atoms with Crippen LogP contribution in [0.5, 0.6) is 0 Å². The summed E-state index contributed by atoms with van der Waals surface area (Å²) in [5.74, 6) is -0.773. The molecular weight excluding hydrogens is 439 g/mol. The highest BCUT2D eigenvalue weighted by atomic mass is 32.2. The molecule has 0 radical (unpaired) electrons. The highest BCUT2D eigenvalue weighted by Crippen LogP contribution is 2.22. The van der Waals surface area contributed by atoms with Gasteiger partial charge in [0.2, 0.25) is 5.91 Å². The van der Waals surface area contributed by atoms with Gasteiger partial charge in [0.15, 0.2) is 16.1 Å². The molecule has 31 heavy (non-hydrogen) atoms. The number of thiazole rings is 1. The van der Waals surface area contributed by atoms with Crippen LogP contribution >= 0.6 is 23.1 Å². The van der Waals surface area contributed by atoms with Crippen LogP contribution in [-0.4, -0.2) is 37.3 Å². The molecule has 2 heterocycles. The third kappa shape index (κ3) is 5.76. The van der Waals surface area contributed by atoms with Crippen LogP contribution in [0.15, 0.2) is 47.5 Å². The maximum absolute atomic E-state index is 13.9. The van der Waals surface area contributed by atoms with Gasteiger partial charge in [-0.15, -0.1) is 28.1 Å². The Morgan fingerprint density at radius 1 is 1.35 bits per heavy atom. The molecule has 0 saturated heterocycles. The van der Waals surface area contributed by atoms with Crippen LogP contribution in [0.3, 0.4) is 0 Å². The van der Waals surface area contributed by atoms with E-state index in [1.165, 1.54) is 41.3 Å². The zero-order valence-corrected chi connectivity index (χ0v) is 18.6. The van der Waals surface area contributed by atoms with Crippen molar-refractivity contribution < 1.29 is 14.0 Å². The third-order valence-electron chi connectivity index (χ3n) is 4.11. The van der Waals surface area contributed by atoms with Gasteiger partial charge in [0.05, 0.1) is 23.1 Å². The number of allylic oxidation sites excluding steroid dienone is 1. The highest BCUT2D eigenvalue weighted by Gasteiger charge is 2.21. The van der Waals surface area contributed by atoms with Crippen LogP contribution in [-0.2, 0) is 11.3 Å². The second kappa shape index (κ2) is 10.3. The second-order valence-corrected chi connectivity index (χ2v) is 8.35. The quantitative estimate of drug-likeness (QED) is 0.374. The molecule has 1 atom stereocenters. The van der Waals surface area contributed by atoms with E-state index in [1.807, 2.05) is 12.3 Å². The van der Waals surface area contributed by atoms with Gasteiger partial charge < -0.3 is 15.2 Å². The molecule has 0 bridgehead atoms. The van der Waals surface area contributed by atoms with E-state index in [0.717, 1.165) is 5.69 Å². The average Bonchev–Trinajstić information content (AvgIpc) is 3.32. The molecule has 162 valence electrons. The monoisotopic (exact) mass is 460 g/mol. The number of aromatic nitrogens is 4. The Morgan fingerprint density at radius 2 is 2.13 bits per heavy atom. The van der Waals surface area contributed by atoms with E-state index in [-0.39, 0.29) is 17.2 Å². The summed E-state index contributed by atoms with van der Waals surface area (Å²) in [4.78, 5) is 28.8. The second-order valence-electron chi connectivity index (χ2n) is 6.55. The predicted octanol–water partition coefficient (Wildman–Crippen LogP) is 3.59. The van der Waals surface area contributed by atoms with Gasteiger partial charge in [0, 0.05) is 11.9 Å². The molecule has 8 nitrogen and oxygen atoms in total. The van der Waals surface area contributed by atoms with E-state index in [2.05, 4.69) is 32.4 Å². The number of hydrogen-bond acceptors (Lipinski definition) is 7. The average molecular weight is 461 g/mol. The normalized spacial score (nSPS) is 11.7. The van der Waals surface area contributed by atoms with E-state index in [0.29, 0.717) is 22.7 Å². The van der Waals surface area contributed by atoms with Crippen molar-refractivity contribution in [1.82, 2.24) is 25.1 Å². The zero-order valence-electron chi connectivity index (χ0n) is 17.0. The minimum Gasteiger partial charge on any atom is -0.342 e. The Kier molecular flexibility index (Phi) is 7.53. The molecule has 2 aromatic heterocycles. The van der Waals surface area contributed by atoms with Crippen molar-refractivity contribution in [2.24, 2.45) is 0 Å². The first-order valence-electron chi connectivity index (χ1n) is 9.33. The first-order chi connectivity index (χ1) is 14.9. The molecule has 2 N–H and O–H groups in total. The number of hydrogen-bond donors (Lipinski definition) is 2. The summed E-state index contributed by atoms with van der Waals surface area (Å²) >= 11 is 2.57. The lowest BCUT2D eigenvalue weighted by Crippen LogP contribution is -2.29. The lowest BCUT2D eigenvalue weighted by atomic mass is 10.2. The molecule has 0 unspecified atom stereocenters. The van der Waals surface area contributed by atoms with Crippen molar-refractivity contribution in [1.29, 1.82) is 0 Å². The first kappa shape index (κ1) is 22.6. The largest absolute Gasteiger partial charge is 0.342 e. The number of benzene rings is 1. The Balaban J connectivity index is 1.67. The van der Waals surface area contributed by atoms with Crippen molar-refractivity contribution >= 4 is 40.0 Å². The number of halogens is 1. The minimum atomic E-state index is -0.600. The van der Waals surface area contributed by atoms with Crippen LogP contribution in [0.4, 0.5) is 9.52 Å². The molecule has 3 rings (SSSR count). The molecule has 0 aliphatic carbocycles. The lowest BCUT2D eigenvalue weighted by Gasteiger charge is -2.15. The van der Waals surface area contributed by atoms with E-state index < -0.39 is 17.8 Å². The fourth-order valence-corrected chi connectivity index (χ4v) is 4.17. The van der Waals surface area contributed by atoms with Crippen LogP contribution < -0.4 is 10.6 Å². The smallest absolute Gasteiger partial charge is 0.254 e. The summed E-state index contributed by atoms with van der Waals surface area (Å²) in [6.07, 6.45) is 1.67. The number of anilines is 1. The summed E-state index contributed by atoms with van der Waals surface area (Å²) in [6.45, 7) is 7.71. The molecule has 3 aromatic rings. The topological polar surface area (TPSA) is 102 Å².